The number of para-hydroxylation sites is 1. The molecular formula is C20H21N3O4S. The Morgan fingerprint density at radius 1 is 1.04 bits per heavy atom. The SMILES string of the molecule is Cc1ccc(-c2nn([C@@H]3O[C@H](CO)[C@@H](O)[C@@H]3O)c(=S)n2-c2ccccc2)cc1. The number of hydrogen-bond donors (Lipinski definition) is 3. The molecule has 8 heteroatoms. The summed E-state index contributed by atoms with van der Waals surface area (Å²) >= 11 is 5.65. The van der Waals surface area contributed by atoms with Crippen molar-refractivity contribution >= 4 is 12.2 Å². The van der Waals surface area contributed by atoms with Gasteiger partial charge < -0.3 is 20.1 Å². The third-order valence-corrected chi connectivity index (χ3v) is 5.25. The Morgan fingerprint density at radius 3 is 2.32 bits per heavy atom. The van der Waals surface area contributed by atoms with Crippen LogP contribution in [0.3, 0.4) is 0 Å². The fourth-order valence-electron chi connectivity index (χ4n) is 3.33. The van der Waals surface area contributed by atoms with Crippen LogP contribution in [0.1, 0.15) is 11.8 Å². The first-order chi connectivity index (χ1) is 13.5. The lowest BCUT2D eigenvalue weighted by molar-refractivity contribution is -0.0594. The van der Waals surface area contributed by atoms with E-state index in [1.807, 2.05) is 61.5 Å². The van der Waals surface area contributed by atoms with Crippen LogP contribution in [-0.2, 0) is 4.74 Å². The zero-order valence-corrected chi connectivity index (χ0v) is 16.0. The number of aliphatic hydroxyl groups excluding tert-OH is 3. The number of aliphatic hydroxyl groups is 3. The fraction of sp³-hybridized carbons (Fsp3) is 0.300. The van der Waals surface area contributed by atoms with E-state index >= 15 is 0 Å². The molecule has 0 bridgehead atoms. The lowest BCUT2D eigenvalue weighted by Crippen LogP contribution is -2.33. The number of ether oxygens (including phenoxy) is 1. The first-order valence-electron chi connectivity index (χ1n) is 8.97. The van der Waals surface area contributed by atoms with Gasteiger partial charge in [-0.2, -0.15) is 0 Å². The number of benzene rings is 2. The summed E-state index contributed by atoms with van der Waals surface area (Å²) in [6, 6.07) is 17.4. The van der Waals surface area contributed by atoms with Crippen LogP contribution in [0, 0.1) is 11.7 Å². The van der Waals surface area contributed by atoms with E-state index in [1.54, 1.807) is 4.57 Å². The second-order valence-electron chi connectivity index (χ2n) is 6.82. The quantitative estimate of drug-likeness (QED) is 0.581. The van der Waals surface area contributed by atoms with Crippen molar-refractivity contribution in [2.24, 2.45) is 0 Å². The number of aromatic nitrogens is 3. The first-order valence-corrected chi connectivity index (χ1v) is 9.38. The molecular weight excluding hydrogens is 378 g/mol. The molecule has 1 fully saturated rings. The number of hydrogen-bond acceptors (Lipinski definition) is 6. The van der Waals surface area contributed by atoms with Gasteiger partial charge in [-0.15, -0.1) is 5.10 Å². The molecule has 1 aromatic heterocycles. The van der Waals surface area contributed by atoms with Crippen LogP contribution < -0.4 is 0 Å². The molecule has 0 unspecified atom stereocenters. The Kier molecular flexibility index (Phi) is 5.13. The number of rotatable bonds is 4. The van der Waals surface area contributed by atoms with Crippen LogP contribution in [0.5, 0.6) is 0 Å². The van der Waals surface area contributed by atoms with Crippen LogP contribution in [0.15, 0.2) is 54.6 Å². The van der Waals surface area contributed by atoms with E-state index in [0.717, 1.165) is 16.8 Å². The normalized spacial score (nSPS) is 24.6. The Morgan fingerprint density at radius 2 is 1.71 bits per heavy atom. The highest BCUT2D eigenvalue weighted by atomic mass is 32.1. The average molecular weight is 399 g/mol. The minimum atomic E-state index is -1.26. The molecule has 7 nitrogen and oxygen atoms in total. The highest BCUT2D eigenvalue weighted by molar-refractivity contribution is 7.71. The molecule has 1 saturated heterocycles. The molecule has 0 spiro atoms. The van der Waals surface area contributed by atoms with Gasteiger partial charge in [-0.05, 0) is 31.3 Å². The summed E-state index contributed by atoms with van der Waals surface area (Å²) in [5.41, 5.74) is 2.80. The van der Waals surface area contributed by atoms with Gasteiger partial charge in [0.1, 0.15) is 18.3 Å². The van der Waals surface area contributed by atoms with E-state index in [1.165, 1.54) is 4.68 Å². The van der Waals surface area contributed by atoms with Gasteiger partial charge in [0.2, 0.25) is 4.77 Å². The zero-order valence-electron chi connectivity index (χ0n) is 15.2. The molecule has 2 heterocycles. The standard InChI is InChI=1S/C20H21N3O4S/c1-12-7-9-13(10-8-12)18-21-23(19-17(26)16(25)15(11-24)27-19)20(28)22(18)14-5-3-2-4-6-14/h2-10,15-17,19,24-26H,11H2,1H3/t15-,16-,17+,19-/m1/s1. The van der Waals surface area contributed by atoms with Crippen molar-refractivity contribution < 1.29 is 20.1 Å². The molecule has 28 heavy (non-hydrogen) atoms. The maximum atomic E-state index is 10.4. The van der Waals surface area contributed by atoms with Gasteiger partial charge in [0.05, 0.1) is 6.61 Å². The average Bonchev–Trinajstić information content (AvgIpc) is 3.20. The van der Waals surface area contributed by atoms with E-state index in [2.05, 4.69) is 5.10 Å². The lowest BCUT2D eigenvalue weighted by Gasteiger charge is -2.14. The molecule has 3 N–H and O–H groups in total. The predicted octanol–water partition coefficient (Wildman–Crippen LogP) is 1.99. The zero-order chi connectivity index (χ0) is 19.8. The molecule has 4 atom stereocenters. The summed E-state index contributed by atoms with van der Waals surface area (Å²) in [6.45, 7) is 1.59. The van der Waals surface area contributed by atoms with Crippen LogP contribution in [0.2, 0.25) is 0 Å². The van der Waals surface area contributed by atoms with Gasteiger partial charge in [0, 0.05) is 11.3 Å². The second-order valence-corrected chi connectivity index (χ2v) is 7.18. The van der Waals surface area contributed by atoms with Crippen LogP contribution in [0.25, 0.3) is 17.1 Å². The summed E-state index contributed by atoms with van der Waals surface area (Å²) in [5, 5.41) is 34.5. The highest BCUT2D eigenvalue weighted by Gasteiger charge is 2.44. The second kappa shape index (κ2) is 7.57. The Hall–Kier alpha value is -2.36. The summed E-state index contributed by atoms with van der Waals surface area (Å²) in [6.07, 6.45) is -4.36. The largest absolute Gasteiger partial charge is 0.394 e. The van der Waals surface area contributed by atoms with Crippen molar-refractivity contribution in [3.05, 3.63) is 64.9 Å². The smallest absolute Gasteiger partial charge is 0.205 e. The van der Waals surface area contributed by atoms with E-state index in [0.29, 0.717) is 10.6 Å². The minimum Gasteiger partial charge on any atom is -0.394 e. The summed E-state index contributed by atoms with van der Waals surface area (Å²) in [5.74, 6) is 0.592. The lowest BCUT2D eigenvalue weighted by atomic mass is 10.1. The molecule has 1 aliphatic heterocycles. The molecule has 0 saturated carbocycles. The Labute approximate surface area is 167 Å². The van der Waals surface area contributed by atoms with Gasteiger partial charge >= 0.3 is 0 Å². The predicted molar refractivity (Wildman–Crippen MR) is 106 cm³/mol. The van der Waals surface area contributed by atoms with Crippen molar-refractivity contribution in [2.45, 2.75) is 31.5 Å². The van der Waals surface area contributed by atoms with Gasteiger partial charge in [-0.1, -0.05) is 48.0 Å². The van der Waals surface area contributed by atoms with E-state index in [-0.39, 0.29) is 0 Å². The van der Waals surface area contributed by atoms with E-state index < -0.39 is 31.1 Å². The minimum absolute atomic E-state index is 0.316. The molecule has 0 aliphatic carbocycles. The van der Waals surface area contributed by atoms with Gasteiger partial charge in [-0.3, -0.25) is 4.57 Å². The van der Waals surface area contributed by atoms with Gasteiger partial charge in [0.15, 0.2) is 12.1 Å². The Bertz CT molecular complexity index is 1020. The summed E-state index contributed by atoms with van der Waals surface area (Å²) in [7, 11) is 0. The van der Waals surface area contributed by atoms with Crippen molar-refractivity contribution in [1.82, 2.24) is 14.3 Å². The third-order valence-electron chi connectivity index (χ3n) is 4.88. The first kappa shape index (κ1) is 19.0. The Balaban J connectivity index is 1.88. The molecule has 3 aromatic rings. The highest BCUT2D eigenvalue weighted by Crippen LogP contribution is 2.32. The summed E-state index contributed by atoms with van der Waals surface area (Å²) < 4.78 is 9.14. The number of aryl methyl sites for hydroxylation is 1. The van der Waals surface area contributed by atoms with Crippen LogP contribution in [0.4, 0.5) is 0 Å². The van der Waals surface area contributed by atoms with Gasteiger partial charge in [0.25, 0.3) is 0 Å². The molecule has 4 rings (SSSR count). The van der Waals surface area contributed by atoms with Crippen molar-refractivity contribution in [3.63, 3.8) is 0 Å². The number of nitrogens with zero attached hydrogens (tertiary/aromatic N) is 3. The van der Waals surface area contributed by atoms with E-state index in [4.69, 9.17) is 17.0 Å². The fourth-order valence-corrected chi connectivity index (χ4v) is 3.67. The molecule has 1 aliphatic rings. The maximum Gasteiger partial charge on any atom is 0.205 e. The van der Waals surface area contributed by atoms with Crippen LogP contribution >= 0.6 is 12.2 Å². The monoisotopic (exact) mass is 399 g/mol. The van der Waals surface area contributed by atoms with Crippen molar-refractivity contribution in [1.29, 1.82) is 0 Å². The summed E-state index contributed by atoms with van der Waals surface area (Å²) in [4.78, 5) is 0. The molecule has 0 amide bonds. The van der Waals surface area contributed by atoms with Gasteiger partial charge in [-0.25, -0.2) is 4.68 Å². The van der Waals surface area contributed by atoms with Crippen LogP contribution in [-0.4, -0.2) is 54.6 Å². The topological polar surface area (TPSA) is 92.7 Å². The molecule has 0 radical (unpaired) electrons. The van der Waals surface area contributed by atoms with E-state index in [9.17, 15) is 15.3 Å². The van der Waals surface area contributed by atoms with Crippen molar-refractivity contribution in [2.75, 3.05) is 6.61 Å². The third kappa shape index (κ3) is 3.19. The molecule has 2 aromatic carbocycles. The van der Waals surface area contributed by atoms with Crippen molar-refractivity contribution in [3.8, 4) is 17.1 Å². The molecule has 146 valence electrons. The maximum absolute atomic E-state index is 10.4.